The zero-order valence-electron chi connectivity index (χ0n) is 14.6. The van der Waals surface area contributed by atoms with Gasteiger partial charge in [-0.15, -0.1) is 32.9 Å². The van der Waals surface area contributed by atoms with E-state index in [4.69, 9.17) is 0 Å². The van der Waals surface area contributed by atoms with Crippen molar-refractivity contribution in [3.63, 3.8) is 0 Å². The van der Waals surface area contributed by atoms with Gasteiger partial charge in [0.05, 0.1) is 16.0 Å². The summed E-state index contributed by atoms with van der Waals surface area (Å²) in [5.41, 5.74) is 0.952. The van der Waals surface area contributed by atoms with E-state index < -0.39 is 0 Å². The van der Waals surface area contributed by atoms with Gasteiger partial charge in [0.1, 0.15) is 10.7 Å². The smallest absolute Gasteiger partial charge is 0.259 e. The van der Waals surface area contributed by atoms with E-state index in [1.54, 1.807) is 22.7 Å². The molecular weight excluding hydrogens is 386 g/mol. The lowest BCUT2D eigenvalue weighted by Gasteiger charge is -2.06. The van der Waals surface area contributed by atoms with Gasteiger partial charge in [-0.1, -0.05) is 17.8 Å². The van der Waals surface area contributed by atoms with E-state index >= 15 is 0 Å². The van der Waals surface area contributed by atoms with Gasteiger partial charge < -0.3 is 9.55 Å². The topological polar surface area (TPSA) is 76.5 Å². The van der Waals surface area contributed by atoms with Crippen molar-refractivity contribution in [2.24, 2.45) is 0 Å². The van der Waals surface area contributed by atoms with E-state index in [0.29, 0.717) is 17.0 Å². The monoisotopic (exact) mass is 403 g/mol. The summed E-state index contributed by atoms with van der Waals surface area (Å²) in [5.74, 6) is 2.09. The molecule has 0 fully saturated rings. The number of thioether (sulfide) groups is 1. The summed E-state index contributed by atoms with van der Waals surface area (Å²) in [6, 6.07) is 4.06. The Morgan fingerprint density at radius 2 is 2.15 bits per heavy atom. The van der Waals surface area contributed by atoms with Crippen molar-refractivity contribution in [2.75, 3.05) is 0 Å². The van der Waals surface area contributed by atoms with Crippen LogP contribution in [-0.4, -0.2) is 24.7 Å². The number of aryl methyl sites for hydroxylation is 2. The van der Waals surface area contributed by atoms with Gasteiger partial charge in [0, 0.05) is 11.4 Å². The summed E-state index contributed by atoms with van der Waals surface area (Å²) < 4.78 is 2.09. The maximum Gasteiger partial charge on any atom is 0.259 e. The molecule has 0 aliphatic carbocycles. The number of thiophene rings is 2. The van der Waals surface area contributed by atoms with Gasteiger partial charge in [-0.25, -0.2) is 4.98 Å². The zero-order valence-corrected chi connectivity index (χ0v) is 17.0. The van der Waals surface area contributed by atoms with Crippen molar-refractivity contribution < 1.29 is 0 Å². The molecule has 0 saturated heterocycles. The summed E-state index contributed by atoms with van der Waals surface area (Å²) in [6.07, 6.45) is 0. The summed E-state index contributed by atoms with van der Waals surface area (Å²) in [6.45, 7) is 6.85. The van der Waals surface area contributed by atoms with Gasteiger partial charge >= 0.3 is 0 Å². The van der Waals surface area contributed by atoms with Crippen LogP contribution in [0.3, 0.4) is 0 Å². The number of aromatic nitrogens is 5. The number of H-pyrrole nitrogens is 1. The Labute approximate surface area is 162 Å². The Bertz CT molecular complexity index is 1120. The fourth-order valence-electron chi connectivity index (χ4n) is 2.77. The highest BCUT2D eigenvalue weighted by molar-refractivity contribution is 7.98. The Balaban J connectivity index is 1.62. The molecule has 0 aromatic carbocycles. The van der Waals surface area contributed by atoms with E-state index in [1.165, 1.54) is 11.8 Å². The molecule has 0 radical (unpaired) electrons. The van der Waals surface area contributed by atoms with Crippen molar-refractivity contribution in [2.45, 2.75) is 38.2 Å². The van der Waals surface area contributed by atoms with Crippen LogP contribution in [0.15, 0.2) is 27.5 Å². The normalized spacial score (nSPS) is 11.5. The van der Waals surface area contributed by atoms with E-state index in [9.17, 15) is 4.79 Å². The number of fused-ring (bicyclic) bond motifs is 1. The van der Waals surface area contributed by atoms with Gasteiger partial charge in [0.25, 0.3) is 5.56 Å². The first kappa shape index (κ1) is 17.4. The van der Waals surface area contributed by atoms with Crippen LogP contribution < -0.4 is 5.56 Å². The second-order valence-corrected chi connectivity index (χ2v) is 8.89. The highest BCUT2D eigenvalue weighted by atomic mass is 32.2. The van der Waals surface area contributed by atoms with E-state index in [1.807, 2.05) is 31.4 Å². The number of nitrogens with zero attached hydrogens (tertiary/aromatic N) is 4. The minimum Gasteiger partial charge on any atom is -0.309 e. The lowest BCUT2D eigenvalue weighted by Crippen LogP contribution is -2.11. The van der Waals surface area contributed by atoms with Gasteiger partial charge in [0.2, 0.25) is 0 Å². The van der Waals surface area contributed by atoms with Crippen LogP contribution in [0.5, 0.6) is 0 Å². The van der Waals surface area contributed by atoms with E-state index in [-0.39, 0.29) is 5.56 Å². The predicted molar refractivity (Wildman–Crippen MR) is 108 cm³/mol. The highest BCUT2D eigenvalue weighted by Gasteiger charge is 2.16. The molecule has 0 bridgehead atoms. The maximum atomic E-state index is 12.4. The predicted octanol–water partition coefficient (Wildman–Crippen LogP) is 4.23. The average molecular weight is 404 g/mol. The SMILES string of the molecule is CCn1c(SCc2nc3sc(C)c(C)c3c(=O)[nH]2)nnc1-c1cccs1. The van der Waals surface area contributed by atoms with Crippen LogP contribution in [0, 0.1) is 13.8 Å². The second kappa shape index (κ2) is 6.98. The van der Waals surface area contributed by atoms with Crippen molar-refractivity contribution in [1.29, 1.82) is 0 Å². The first-order valence-electron chi connectivity index (χ1n) is 8.17. The van der Waals surface area contributed by atoms with Crippen LogP contribution in [0.4, 0.5) is 0 Å². The molecule has 134 valence electrons. The van der Waals surface area contributed by atoms with Gasteiger partial charge in [0.15, 0.2) is 11.0 Å². The fourth-order valence-corrected chi connectivity index (χ4v) is 5.41. The second-order valence-electron chi connectivity index (χ2n) is 5.79. The molecule has 6 nitrogen and oxygen atoms in total. The molecule has 0 amide bonds. The molecule has 0 saturated carbocycles. The molecule has 0 atom stereocenters. The van der Waals surface area contributed by atoms with Gasteiger partial charge in [-0.05, 0) is 37.8 Å². The molecule has 0 unspecified atom stereocenters. The van der Waals surface area contributed by atoms with E-state index in [2.05, 4.69) is 31.7 Å². The number of hydrogen-bond acceptors (Lipinski definition) is 7. The zero-order chi connectivity index (χ0) is 18.3. The Hall–Kier alpha value is -1.97. The molecule has 26 heavy (non-hydrogen) atoms. The summed E-state index contributed by atoms with van der Waals surface area (Å²) in [7, 11) is 0. The van der Waals surface area contributed by atoms with Crippen molar-refractivity contribution in [3.05, 3.63) is 44.1 Å². The van der Waals surface area contributed by atoms with Crippen molar-refractivity contribution in [1.82, 2.24) is 24.7 Å². The maximum absolute atomic E-state index is 12.4. The molecule has 4 aromatic rings. The Morgan fingerprint density at radius 3 is 2.88 bits per heavy atom. The van der Waals surface area contributed by atoms with E-state index in [0.717, 1.165) is 37.7 Å². The lowest BCUT2D eigenvalue weighted by molar-refractivity contribution is 0.687. The van der Waals surface area contributed by atoms with Crippen molar-refractivity contribution in [3.8, 4) is 10.7 Å². The molecule has 0 aliphatic heterocycles. The van der Waals surface area contributed by atoms with Crippen LogP contribution in [0.1, 0.15) is 23.2 Å². The Kier molecular flexibility index (Phi) is 4.68. The highest BCUT2D eigenvalue weighted by Crippen LogP contribution is 2.29. The molecule has 1 N–H and O–H groups in total. The quantitative estimate of drug-likeness (QED) is 0.505. The molecule has 4 aromatic heterocycles. The number of rotatable bonds is 5. The number of aromatic amines is 1. The number of nitrogens with one attached hydrogen (secondary N) is 1. The first-order valence-corrected chi connectivity index (χ1v) is 10.9. The number of hydrogen-bond donors (Lipinski definition) is 1. The lowest BCUT2D eigenvalue weighted by atomic mass is 10.2. The molecule has 0 spiro atoms. The third kappa shape index (κ3) is 3.00. The van der Waals surface area contributed by atoms with Gasteiger partial charge in [-0.3, -0.25) is 4.79 Å². The summed E-state index contributed by atoms with van der Waals surface area (Å²) in [4.78, 5) is 23.0. The molecule has 4 heterocycles. The van der Waals surface area contributed by atoms with Gasteiger partial charge in [-0.2, -0.15) is 0 Å². The fraction of sp³-hybridized carbons (Fsp3) is 0.294. The largest absolute Gasteiger partial charge is 0.309 e. The summed E-state index contributed by atoms with van der Waals surface area (Å²) in [5, 5.41) is 12.2. The van der Waals surface area contributed by atoms with Crippen LogP contribution in [0.2, 0.25) is 0 Å². The third-order valence-electron chi connectivity index (χ3n) is 4.20. The third-order valence-corrected chi connectivity index (χ3v) is 7.15. The van der Waals surface area contributed by atoms with Crippen LogP contribution in [-0.2, 0) is 12.3 Å². The summed E-state index contributed by atoms with van der Waals surface area (Å²) >= 11 is 4.75. The molecular formula is C17H17N5OS3. The van der Waals surface area contributed by atoms with Crippen LogP contribution >= 0.6 is 34.4 Å². The molecule has 0 aliphatic rings. The Morgan fingerprint density at radius 1 is 1.31 bits per heavy atom. The first-order chi connectivity index (χ1) is 12.6. The van der Waals surface area contributed by atoms with Crippen LogP contribution in [0.25, 0.3) is 20.9 Å². The minimum absolute atomic E-state index is 0.0660. The molecule has 9 heteroatoms. The average Bonchev–Trinajstić information content (AvgIpc) is 3.32. The minimum atomic E-state index is -0.0660. The van der Waals surface area contributed by atoms with Crippen molar-refractivity contribution >= 4 is 44.7 Å². The standard InChI is InChI=1S/C17H17N5OS3/c1-4-22-14(11-6-5-7-24-11)20-21-17(22)25-8-12-18-15(23)13-9(2)10(3)26-16(13)19-12/h5-7H,4,8H2,1-3H3,(H,18,19,23). The molecule has 4 rings (SSSR count).